The maximum Gasteiger partial charge on any atom is 0.305 e. The van der Waals surface area contributed by atoms with Crippen molar-refractivity contribution in [1.29, 1.82) is 0 Å². The Morgan fingerprint density at radius 1 is 1.30 bits per heavy atom. The number of aliphatic hydroxyl groups is 1. The van der Waals surface area contributed by atoms with Gasteiger partial charge in [-0.1, -0.05) is 25.5 Å². The third-order valence-electron chi connectivity index (χ3n) is 6.18. The fraction of sp³-hybridized carbons (Fsp3) is 0.750. The zero-order valence-electron chi connectivity index (χ0n) is 18.6. The van der Waals surface area contributed by atoms with Crippen molar-refractivity contribution in [3.8, 4) is 11.8 Å². The first kappa shape index (κ1) is 24.4. The van der Waals surface area contributed by atoms with Gasteiger partial charge in [0.05, 0.1) is 25.4 Å². The minimum Gasteiger partial charge on any atom is -0.469 e. The van der Waals surface area contributed by atoms with Crippen LogP contribution < -0.4 is 0 Å². The summed E-state index contributed by atoms with van der Waals surface area (Å²) >= 11 is 0. The molecule has 168 valence electrons. The fourth-order valence-electron chi connectivity index (χ4n) is 4.51. The van der Waals surface area contributed by atoms with Crippen molar-refractivity contribution in [1.82, 2.24) is 0 Å². The molecule has 1 aliphatic carbocycles. The second kappa shape index (κ2) is 12.1. The van der Waals surface area contributed by atoms with Gasteiger partial charge in [0.1, 0.15) is 6.10 Å². The highest BCUT2D eigenvalue weighted by molar-refractivity contribution is 5.69. The van der Waals surface area contributed by atoms with E-state index in [1.165, 1.54) is 14.0 Å². The number of fused-ring (bicyclic) bond motifs is 1. The zero-order valence-corrected chi connectivity index (χ0v) is 18.6. The Morgan fingerprint density at radius 2 is 2.07 bits per heavy atom. The first-order valence-electron chi connectivity index (χ1n) is 11.0. The summed E-state index contributed by atoms with van der Waals surface area (Å²) in [6.45, 7) is 5.20. The van der Waals surface area contributed by atoms with Crippen molar-refractivity contribution in [3.63, 3.8) is 0 Å². The van der Waals surface area contributed by atoms with E-state index in [4.69, 9.17) is 9.47 Å². The first-order valence-corrected chi connectivity index (χ1v) is 11.0. The number of aliphatic hydroxyl groups excluding tert-OH is 1. The van der Waals surface area contributed by atoms with E-state index in [0.717, 1.165) is 25.7 Å². The van der Waals surface area contributed by atoms with Crippen molar-refractivity contribution in [3.05, 3.63) is 12.2 Å². The molecule has 7 atom stereocenters. The molecule has 30 heavy (non-hydrogen) atoms. The van der Waals surface area contributed by atoms with E-state index >= 15 is 0 Å². The van der Waals surface area contributed by atoms with Gasteiger partial charge in [-0.2, -0.15) is 0 Å². The quantitative estimate of drug-likeness (QED) is 0.252. The number of carbonyl (C=O) groups is 2. The molecule has 0 spiro atoms. The highest BCUT2D eigenvalue weighted by Crippen LogP contribution is 2.46. The van der Waals surface area contributed by atoms with Crippen LogP contribution in [0.15, 0.2) is 12.2 Å². The molecule has 0 aromatic rings. The Labute approximate surface area is 180 Å². The van der Waals surface area contributed by atoms with Gasteiger partial charge in [-0.3, -0.25) is 9.59 Å². The second-order valence-corrected chi connectivity index (χ2v) is 8.46. The monoisotopic (exact) mass is 420 g/mol. The second-order valence-electron chi connectivity index (χ2n) is 8.46. The molecule has 2 fully saturated rings. The van der Waals surface area contributed by atoms with Crippen molar-refractivity contribution in [2.24, 2.45) is 17.8 Å². The Morgan fingerprint density at radius 3 is 2.73 bits per heavy atom. The number of hydrogen-bond acceptors (Lipinski definition) is 6. The first-order chi connectivity index (χ1) is 14.3. The minimum atomic E-state index is -0.584. The minimum absolute atomic E-state index is 0.0399. The van der Waals surface area contributed by atoms with Crippen LogP contribution in [-0.4, -0.2) is 48.6 Å². The van der Waals surface area contributed by atoms with Crippen molar-refractivity contribution >= 4 is 11.9 Å². The van der Waals surface area contributed by atoms with E-state index in [9.17, 15) is 14.7 Å². The van der Waals surface area contributed by atoms with Gasteiger partial charge in [-0.25, -0.2) is 0 Å². The molecule has 2 aliphatic rings. The molecule has 0 amide bonds. The molecule has 0 radical (unpaired) electrons. The lowest BCUT2D eigenvalue weighted by atomic mass is 9.88. The Bertz CT molecular complexity index is 660. The van der Waals surface area contributed by atoms with E-state index in [0.29, 0.717) is 19.3 Å². The van der Waals surface area contributed by atoms with Gasteiger partial charge in [-0.15, -0.1) is 11.8 Å². The van der Waals surface area contributed by atoms with Crippen LogP contribution in [0.1, 0.15) is 65.7 Å². The molecule has 0 aromatic carbocycles. The summed E-state index contributed by atoms with van der Waals surface area (Å²) in [6, 6.07) is 0. The van der Waals surface area contributed by atoms with Crippen LogP contribution >= 0.6 is 0 Å². The SMILES string of the molecule is CC#CCC(C)[C@H](O)/C=C/[C@@H]1[C@H]2C[C@H](CCCCC(=O)OC)O[C@H]2C[C@H]1OC(C)=O. The largest absolute Gasteiger partial charge is 0.469 e. The molecule has 1 aliphatic heterocycles. The third-order valence-corrected chi connectivity index (χ3v) is 6.18. The van der Waals surface area contributed by atoms with Gasteiger partial charge in [0.2, 0.25) is 0 Å². The summed E-state index contributed by atoms with van der Waals surface area (Å²) in [6.07, 6.45) is 8.57. The summed E-state index contributed by atoms with van der Waals surface area (Å²) in [5.74, 6) is 5.76. The summed E-state index contributed by atoms with van der Waals surface area (Å²) in [7, 11) is 1.41. The Balaban J connectivity index is 1.94. The van der Waals surface area contributed by atoms with E-state index < -0.39 is 6.10 Å². The summed E-state index contributed by atoms with van der Waals surface area (Å²) in [5, 5.41) is 10.4. The van der Waals surface area contributed by atoms with Crippen LogP contribution in [0.25, 0.3) is 0 Å². The molecular formula is C24H36O6. The van der Waals surface area contributed by atoms with Crippen LogP contribution in [0.2, 0.25) is 0 Å². The molecule has 1 heterocycles. The van der Waals surface area contributed by atoms with Gasteiger partial charge in [-0.05, 0) is 38.0 Å². The number of ether oxygens (including phenoxy) is 3. The van der Waals surface area contributed by atoms with Crippen molar-refractivity contribution in [2.45, 2.75) is 90.1 Å². The molecule has 0 bridgehead atoms. The molecule has 2 rings (SSSR count). The molecule has 1 saturated heterocycles. The number of methoxy groups -OCH3 is 1. The number of rotatable bonds is 10. The molecular weight excluding hydrogens is 384 g/mol. The van der Waals surface area contributed by atoms with E-state index in [1.54, 1.807) is 6.92 Å². The van der Waals surface area contributed by atoms with Crippen LogP contribution in [0.3, 0.4) is 0 Å². The van der Waals surface area contributed by atoms with Gasteiger partial charge >= 0.3 is 11.9 Å². The van der Waals surface area contributed by atoms with Gasteiger partial charge in [0.15, 0.2) is 0 Å². The molecule has 0 aromatic heterocycles. The zero-order chi connectivity index (χ0) is 22.1. The van der Waals surface area contributed by atoms with Crippen LogP contribution in [0, 0.1) is 29.6 Å². The normalized spacial score (nSPS) is 29.7. The lowest BCUT2D eigenvalue weighted by molar-refractivity contribution is -0.148. The van der Waals surface area contributed by atoms with Crippen molar-refractivity contribution < 1.29 is 28.9 Å². The average Bonchev–Trinajstić information content (AvgIpc) is 3.23. The van der Waals surface area contributed by atoms with Crippen molar-refractivity contribution in [2.75, 3.05) is 7.11 Å². The van der Waals surface area contributed by atoms with Gasteiger partial charge in [0, 0.05) is 32.1 Å². The number of hydrogen-bond donors (Lipinski definition) is 1. The maximum atomic E-state index is 11.6. The summed E-state index contributed by atoms with van der Waals surface area (Å²) in [5.41, 5.74) is 0. The lowest BCUT2D eigenvalue weighted by Gasteiger charge is -2.22. The fourth-order valence-corrected chi connectivity index (χ4v) is 4.51. The Kier molecular flexibility index (Phi) is 9.87. The van der Waals surface area contributed by atoms with E-state index in [-0.39, 0.29) is 48.0 Å². The van der Waals surface area contributed by atoms with E-state index in [1.807, 2.05) is 19.1 Å². The molecule has 1 saturated carbocycles. The standard InChI is InChI=1S/C24H36O6/c1-5-6-9-16(2)21(26)13-12-19-20-14-18(10-7-8-11-24(27)28-4)30-23(20)15-22(19)29-17(3)25/h12-13,16,18-23,26H,7-11,14-15H2,1-4H3/b13-12+/t16?,18-,19+,20+,21+,22+,23-/m0/s1. The highest BCUT2D eigenvalue weighted by atomic mass is 16.6. The van der Waals surface area contributed by atoms with Crippen LogP contribution in [-0.2, 0) is 23.8 Å². The smallest absolute Gasteiger partial charge is 0.305 e. The van der Waals surface area contributed by atoms with Gasteiger partial charge < -0.3 is 19.3 Å². The van der Waals surface area contributed by atoms with Crippen LogP contribution in [0.5, 0.6) is 0 Å². The molecule has 6 heteroatoms. The molecule has 1 N–H and O–H groups in total. The topological polar surface area (TPSA) is 82.1 Å². The van der Waals surface area contributed by atoms with E-state index in [2.05, 4.69) is 16.6 Å². The maximum absolute atomic E-state index is 11.6. The molecule has 1 unspecified atom stereocenters. The summed E-state index contributed by atoms with van der Waals surface area (Å²) < 4.78 is 16.5. The average molecular weight is 421 g/mol. The number of unbranched alkanes of at least 4 members (excludes halogenated alkanes) is 1. The summed E-state index contributed by atoms with van der Waals surface area (Å²) in [4.78, 5) is 22.8. The Hall–Kier alpha value is -1.84. The number of esters is 2. The number of carbonyl (C=O) groups excluding carboxylic acids is 2. The van der Waals surface area contributed by atoms with Crippen LogP contribution in [0.4, 0.5) is 0 Å². The third kappa shape index (κ3) is 7.14. The predicted octanol–water partition coefficient (Wildman–Crippen LogP) is 3.41. The lowest BCUT2D eigenvalue weighted by Crippen LogP contribution is -2.25. The highest BCUT2D eigenvalue weighted by Gasteiger charge is 2.49. The van der Waals surface area contributed by atoms with Gasteiger partial charge in [0.25, 0.3) is 0 Å². The molecule has 6 nitrogen and oxygen atoms in total. The predicted molar refractivity (Wildman–Crippen MR) is 113 cm³/mol.